The predicted octanol–water partition coefficient (Wildman–Crippen LogP) is 3.32. The van der Waals surface area contributed by atoms with Gasteiger partial charge in [0.2, 0.25) is 0 Å². The Balaban J connectivity index is 0.00000288. The minimum atomic E-state index is 0. The summed E-state index contributed by atoms with van der Waals surface area (Å²) in [5.74, 6) is 3.42. The maximum absolute atomic E-state index is 5.32. The van der Waals surface area contributed by atoms with Crippen LogP contribution in [-0.4, -0.2) is 43.6 Å². The molecule has 0 aromatic carbocycles. The van der Waals surface area contributed by atoms with Crippen LogP contribution in [0.15, 0.2) is 27.8 Å². The zero-order valence-corrected chi connectivity index (χ0v) is 17.6. The van der Waals surface area contributed by atoms with Gasteiger partial charge in [-0.3, -0.25) is 0 Å². The lowest BCUT2D eigenvalue weighted by Gasteiger charge is -2.35. The standard InChI is InChI=1S/C18H32N4O.HI/c1-4-19-18(21-12-17-7-5-10-23-17)20-8-6-9-22-13-15(2)11-16(3)14-22;/h5,7,10,15-16H,4,6,8-9,11-14H2,1-3H3,(H2,19,20,21);1H. The molecule has 0 aliphatic carbocycles. The Morgan fingerprint density at radius 2 is 2.04 bits per heavy atom. The molecule has 0 radical (unpaired) electrons. The van der Waals surface area contributed by atoms with E-state index >= 15 is 0 Å². The zero-order valence-electron chi connectivity index (χ0n) is 15.3. The molecule has 0 amide bonds. The van der Waals surface area contributed by atoms with Crippen LogP contribution in [0.2, 0.25) is 0 Å². The van der Waals surface area contributed by atoms with Crippen molar-refractivity contribution in [1.82, 2.24) is 15.5 Å². The van der Waals surface area contributed by atoms with Crippen LogP contribution in [0.1, 0.15) is 39.4 Å². The summed E-state index contributed by atoms with van der Waals surface area (Å²) in [6.45, 7) is 12.9. The first-order valence-electron chi connectivity index (χ1n) is 8.94. The molecule has 1 fully saturated rings. The molecule has 0 spiro atoms. The number of nitrogens with one attached hydrogen (secondary N) is 2. The fraction of sp³-hybridized carbons (Fsp3) is 0.722. The van der Waals surface area contributed by atoms with Crippen molar-refractivity contribution in [3.05, 3.63) is 24.2 Å². The van der Waals surface area contributed by atoms with E-state index in [4.69, 9.17) is 4.42 Å². The van der Waals surface area contributed by atoms with Gasteiger partial charge in [0.05, 0.1) is 6.26 Å². The van der Waals surface area contributed by atoms with Gasteiger partial charge < -0.3 is 20.0 Å². The Labute approximate surface area is 163 Å². The number of aliphatic imine (C=N–C) groups is 1. The molecule has 2 atom stereocenters. The molecule has 2 N–H and O–H groups in total. The summed E-state index contributed by atoms with van der Waals surface area (Å²) in [4.78, 5) is 7.16. The Hall–Kier alpha value is -0.760. The molecule has 1 aromatic heterocycles. The van der Waals surface area contributed by atoms with Crippen LogP contribution in [0.3, 0.4) is 0 Å². The summed E-state index contributed by atoms with van der Waals surface area (Å²) in [7, 11) is 0. The second-order valence-corrected chi connectivity index (χ2v) is 6.76. The van der Waals surface area contributed by atoms with Gasteiger partial charge in [0.25, 0.3) is 0 Å². The Bertz CT molecular complexity index is 454. The van der Waals surface area contributed by atoms with Crippen LogP contribution < -0.4 is 10.6 Å². The Morgan fingerprint density at radius 3 is 2.67 bits per heavy atom. The molecular formula is C18H33IN4O. The highest BCUT2D eigenvalue weighted by molar-refractivity contribution is 14.0. The number of hydrogen-bond acceptors (Lipinski definition) is 3. The lowest BCUT2D eigenvalue weighted by atomic mass is 9.92. The summed E-state index contributed by atoms with van der Waals surface area (Å²) in [5.41, 5.74) is 0. The summed E-state index contributed by atoms with van der Waals surface area (Å²) in [6, 6.07) is 3.84. The van der Waals surface area contributed by atoms with Gasteiger partial charge in [-0.25, -0.2) is 4.99 Å². The van der Waals surface area contributed by atoms with E-state index in [-0.39, 0.29) is 24.0 Å². The molecule has 2 heterocycles. The van der Waals surface area contributed by atoms with Crippen molar-refractivity contribution in [3.63, 3.8) is 0 Å². The molecule has 6 heteroatoms. The topological polar surface area (TPSA) is 52.8 Å². The van der Waals surface area contributed by atoms with E-state index < -0.39 is 0 Å². The maximum Gasteiger partial charge on any atom is 0.191 e. The molecule has 2 rings (SSSR count). The molecule has 1 aromatic rings. The van der Waals surface area contributed by atoms with Crippen LogP contribution in [0, 0.1) is 11.8 Å². The van der Waals surface area contributed by atoms with Crippen molar-refractivity contribution in [2.24, 2.45) is 16.8 Å². The number of likely N-dealkylation sites (tertiary alicyclic amines) is 1. The number of piperidine rings is 1. The average molecular weight is 448 g/mol. The zero-order chi connectivity index (χ0) is 16.5. The molecule has 0 bridgehead atoms. The van der Waals surface area contributed by atoms with Crippen LogP contribution in [-0.2, 0) is 6.54 Å². The van der Waals surface area contributed by atoms with Crippen LogP contribution in [0.4, 0.5) is 0 Å². The lowest BCUT2D eigenvalue weighted by Crippen LogP contribution is -2.41. The summed E-state index contributed by atoms with van der Waals surface area (Å²) >= 11 is 0. The van der Waals surface area contributed by atoms with Crippen LogP contribution in [0.25, 0.3) is 0 Å². The van der Waals surface area contributed by atoms with E-state index in [1.807, 2.05) is 12.1 Å². The third kappa shape index (κ3) is 7.88. The fourth-order valence-corrected chi connectivity index (χ4v) is 3.39. The van der Waals surface area contributed by atoms with Crippen LogP contribution >= 0.6 is 24.0 Å². The Morgan fingerprint density at radius 1 is 1.29 bits per heavy atom. The van der Waals surface area contributed by atoms with E-state index in [9.17, 15) is 0 Å². The second-order valence-electron chi connectivity index (χ2n) is 6.76. The molecule has 1 aliphatic heterocycles. The molecule has 2 unspecified atom stereocenters. The minimum absolute atomic E-state index is 0. The van der Waals surface area contributed by atoms with Gasteiger partial charge in [-0.1, -0.05) is 13.8 Å². The first kappa shape index (κ1) is 21.3. The number of rotatable bonds is 7. The largest absolute Gasteiger partial charge is 0.467 e. The van der Waals surface area contributed by atoms with E-state index in [0.717, 1.165) is 43.1 Å². The van der Waals surface area contributed by atoms with Crippen molar-refractivity contribution >= 4 is 29.9 Å². The lowest BCUT2D eigenvalue weighted by molar-refractivity contribution is 0.140. The van der Waals surface area contributed by atoms with Gasteiger partial charge in [0.15, 0.2) is 5.96 Å². The SMILES string of the molecule is CCNC(=NCc1ccco1)NCCCN1CC(C)CC(C)C1.I. The first-order valence-corrected chi connectivity index (χ1v) is 8.94. The summed E-state index contributed by atoms with van der Waals surface area (Å²) < 4.78 is 5.32. The molecule has 138 valence electrons. The highest BCUT2D eigenvalue weighted by atomic mass is 127. The molecular weight excluding hydrogens is 415 g/mol. The van der Waals surface area contributed by atoms with Gasteiger partial charge in [-0.05, 0) is 50.3 Å². The molecule has 0 saturated carbocycles. The van der Waals surface area contributed by atoms with Crippen molar-refractivity contribution < 1.29 is 4.42 Å². The first-order chi connectivity index (χ1) is 11.2. The quantitative estimate of drug-likeness (QED) is 0.291. The van der Waals surface area contributed by atoms with Crippen LogP contribution in [0.5, 0.6) is 0 Å². The number of nitrogens with zero attached hydrogens (tertiary/aromatic N) is 2. The summed E-state index contributed by atoms with van der Waals surface area (Å²) in [6.07, 6.45) is 4.20. The molecule has 1 saturated heterocycles. The number of halogens is 1. The van der Waals surface area contributed by atoms with Crippen molar-refractivity contribution in [1.29, 1.82) is 0 Å². The van der Waals surface area contributed by atoms with Crippen molar-refractivity contribution in [2.75, 3.05) is 32.7 Å². The average Bonchev–Trinajstić information content (AvgIpc) is 3.01. The monoisotopic (exact) mass is 448 g/mol. The predicted molar refractivity (Wildman–Crippen MR) is 111 cm³/mol. The van der Waals surface area contributed by atoms with Gasteiger partial charge in [-0.15, -0.1) is 24.0 Å². The minimum Gasteiger partial charge on any atom is -0.467 e. The normalized spacial score (nSPS) is 22.0. The van der Waals surface area contributed by atoms with Gasteiger partial charge >= 0.3 is 0 Å². The van der Waals surface area contributed by atoms with Gasteiger partial charge in [-0.2, -0.15) is 0 Å². The maximum atomic E-state index is 5.32. The van der Waals surface area contributed by atoms with E-state index in [0.29, 0.717) is 6.54 Å². The van der Waals surface area contributed by atoms with Crippen molar-refractivity contribution in [2.45, 2.75) is 40.2 Å². The second kappa shape index (κ2) is 11.7. The smallest absolute Gasteiger partial charge is 0.191 e. The van der Waals surface area contributed by atoms with Crippen molar-refractivity contribution in [3.8, 4) is 0 Å². The third-order valence-corrected chi connectivity index (χ3v) is 4.21. The number of furan rings is 1. The highest BCUT2D eigenvalue weighted by Crippen LogP contribution is 2.20. The van der Waals surface area contributed by atoms with Gasteiger partial charge in [0.1, 0.15) is 12.3 Å². The number of hydrogen-bond donors (Lipinski definition) is 2. The fourth-order valence-electron chi connectivity index (χ4n) is 3.39. The van der Waals surface area contributed by atoms with E-state index in [1.165, 1.54) is 26.1 Å². The molecule has 1 aliphatic rings. The van der Waals surface area contributed by atoms with E-state index in [2.05, 4.69) is 41.3 Å². The Kier molecular flexibility index (Phi) is 10.4. The third-order valence-electron chi connectivity index (χ3n) is 4.21. The molecule has 24 heavy (non-hydrogen) atoms. The highest BCUT2D eigenvalue weighted by Gasteiger charge is 2.20. The summed E-state index contributed by atoms with van der Waals surface area (Å²) in [5, 5.41) is 6.70. The van der Waals surface area contributed by atoms with E-state index in [1.54, 1.807) is 6.26 Å². The molecule has 5 nitrogen and oxygen atoms in total. The van der Waals surface area contributed by atoms with Gasteiger partial charge in [0, 0.05) is 26.2 Å². The number of guanidine groups is 1.